The number of hydrogen-bond donors (Lipinski definition) is 2. The topological polar surface area (TPSA) is 55.8 Å². The molecule has 3 atom stereocenters. The molecule has 2 N–H and O–H groups in total. The molecule has 0 spiro atoms. The number of amides is 1. The standard InChI is InChI=1S/C18H37N3O2/c1-7-14(4)19-17(22)12-20-10-16(9-3)21(11-15(20)8-2)13-18(5,6)23/h14-16,23H,7-13H2,1-6H3,(H,19,22). The average Bonchev–Trinajstić information content (AvgIpc) is 2.46. The Hall–Kier alpha value is -0.650. The second kappa shape index (κ2) is 9.00. The van der Waals surface area contributed by atoms with Crippen LogP contribution in [-0.2, 0) is 4.79 Å². The van der Waals surface area contributed by atoms with Gasteiger partial charge >= 0.3 is 0 Å². The number of carbonyl (C=O) groups excluding carboxylic acids is 1. The lowest BCUT2D eigenvalue weighted by atomic mass is 9.99. The van der Waals surface area contributed by atoms with Crippen molar-refractivity contribution in [3.8, 4) is 0 Å². The molecule has 5 heteroatoms. The summed E-state index contributed by atoms with van der Waals surface area (Å²) in [5, 5.41) is 13.2. The zero-order valence-corrected chi connectivity index (χ0v) is 15.9. The third-order valence-corrected chi connectivity index (χ3v) is 4.82. The van der Waals surface area contributed by atoms with Crippen molar-refractivity contribution in [2.75, 3.05) is 26.2 Å². The molecule has 0 aromatic rings. The van der Waals surface area contributed by atoms with E-state index in [1.165, 1.54) is 0 Å². The molecule has 0 bridgehead atoms. The molecule has 1 amide bonds. The molecule has 1 heterocycles. The minimum Gasteiger partial charge on any atom is -0.389 e. The van der Waals surface area contributed by atoms with Crippen LogP contribution in [0.3, 0.4) is 0 Å². The molecular formula is C18H37N3O2. The fraction of sp³-hybridized carbons (Fsp3) is 0.944. The molecule has 5 nitrogen and oxygen atoms in total. The summed E-state index contributed by atoms with van der Waals surface area (Å²) in [5.41, 5.74) is -0.679. The van der Waals surface area contributed by atoms with Crippen LogP contribution < -0.4 is 5.32 Å². The van der Waals surface area contributed by atoms with Crippen molar-refractivity contribution in [3.05, 3.63) is 0 Å². The minimum atomic E-state index is -0.679. The third kappa shape index (κ3) is 6.77. The first kappa shape index (κ1) is 20.4. The van der Waals surface area contributed by atoms with Crippen LogP contribution in [-0.4, -0.2) is 70.7 Å². The van der Waals surface area contributed by atoms with Gasteiger partial charge in [0.1, 0.15) is 0 Å². The highest BCUT2D eigenvalue weighted by molar-refractivity contribution is 5.78. The predicted octanol–water partition coefficient (Wildman–Crippen LogP) is 1.85. The predicted molar refractivity (Wildman–Crippen MR) is 95.5 cm³/mol. The zero-order valence-electron chi connectivity index (χ0n) is 15.9. The van der Waals surface area contributed by atoms with E-state index in [2.05, 4.69) is 35.9 Å². The van der Waals surface area contributed by atoms with Crippen molar-refractivity contribution >= 4 is 5.91 Å². The maximum Gasteiger partial charge on any atom is 0.234 e. The molecule has 1 saturated heterocycles. The van der Waals surface area contributed by atoms with Crippen molar-refractivity contribution in [3.63, 3.8) is 0 Å². The van der Waals surface area contributed by atoms with E-state index in [0.717, 1.165) is 32.4 Å². The Bertz CT molecular complexity index is 368. The van der Waals surface area contributed by atoms with E-state index in [1.54, 1.807) is 0 Å². The van der Waals surface area contributed by atoms with Gasteiger partial charge in [-0.05, 0) is 40.0 Å². The minimum absolute atomic E-state index is 0.128. The van der Waals surface area contributed by atoms with Gasteiger partial charge in [0, 0.05) is 37.8 Å². The van der Waals surface area contributed by atoms with E-state index in [4.69, 9.17) is 0 Å². The van der Waals surface area contributed by atoms with Crippen molar-refractivity contribution in [2.45, 2.75) is 84.5 Å². The maximum atomic E-state index is 12.2. The third-order valence-electron chi connectivity index (χ3n) is 4.82. The Morgan fingerprint density at radius 1 is 1.17 bits per heavy atom. The molecule has 1 rings (SSSR count). The molecule has 0 radical (unpaired) electrons. The normalized spacial score (nSPS) is 25.3. The first-order valence-corrected chi connectivity index (χ1v) is 9.19. The summed E-state index contributed by atoms with van der Waals surface area (Å²) in [7, 11) is 0. The van der Waals surface area contributed by atoms with Crippen LogP contribution >= 0.6 is 0 Å². The van der Waals surface area contributed by atoms with E-state index in [1.807, 2.05) is 20.8 Å². The monoisotopic (exact) mass is 327 g/mol. The number of nitrogens with zero attached hydrogens (tertiary/aromatic N) is 2. The quantitative estimate of drug-likeness (QED) is 0.714. The summed E-state index contributed by atoms with van der Waals surface area (Å²) in [4.78, 5) is 17.0. The van der Waals surface area contributed by atoms with E-state index in [9.17, 15) is 9.90 Å². The molecule has 1 aliphatic rings. The van der Waals surface area contributed by atoms with Gasteiger partial charge in [-0.1, -0.05) is 20.8 Å². The second-order valence-corrected chi connectivity index (χ2v) is 7.67. The molecule has 0 aliphatic carbocycles. The number of nitrogens with one attached hydrogen (secondary N) is 1. The highest BCUT2D eigenvalue weighted by Crippen LogP contribution is 2.21. The lowest BCUT2D eigenvalue weighted by Crippen LogP contribution is -2.61. The Morgan fingerprint density at radius 2 is 1.70 bits per heavy atom. The molecule has 23 heavy (non-hydrogen) atoms. The van der Waals surface area contributed by atoms with Crippen molar-refractivity contribution < 1.29 is 9.90 Å². The van der Waals surface area contributed by atoms with Gasteiger partial charge in [0.25, 0.3) is 0 Å². The van der Waals surface area contributed by atoms with Crippen LogP contribution in [0.4, 0.5) is 0 Å². The first-order valence-electron chi connectivity index (χ1n) is 9.19. The fourth-order valence-electron chi connectivity index (χ4n) is 3.34. The summed E-state index contributed by atoms with van der Waals surface area (Å²) >= 11 is 0. The van der Waals surface area contributed by atoms with Crippen LogP contribution in [0, 0.1) is 0 Å². The summed E-state index contributed by atoms with van der Waals surface area (Å²) in [6.45, 7) is 15.2. The van der Waals surface area contributed by atoms with Crippen molar-refractivity contribution in [1.82, 2.24) is 15.1 Å². The lowest BCUT2D eigenvalue weighted by molar-refractivity contribution is -0.125. The van der Waals surface area contributed by atoms with Gasteiger partial charge in [-0.25, -0.2) is 0 Å². The summed E-state index contributed by atoms with van der Waals surface area (Å²) < 4.78 is 0. The summed E-state index contributed by atoms with van der Waals surface area (Å²) in [6, 6.07) is 1.02. The Balaban J connectivity index is 2.70. The SMILES string of the molecule is CCC(C)NC(=O)CN1CC(CC)N(CC(C)(C)O)CC1CC. The highest BCUT2D eigenvalue weighted by atomic mass is 16.3. The Morgan fingerprint density at radius 3 is 2.17 bits per heavy atom. The number of carbonyl (C=O) groups is 1. The van der Waals surface area contributed by atoms with Crippen LogP contribution in [0.5, 0.6) is 0 Å². The molecule has 0 aromatic heterocycles. The molecule has 136 valence electrons. The van der Waals surface area contributed by atoms with Gasteiger partial charge in [0.05, 0.1) is 12.1 Å². The van der Waals surface area contributed by atoms with Crippen molar-refractivity contribution in [1.29, 1.82) is 0 Å². The molecule has 0 aromatic carbocycles. The van der Waals surface area contributed by atoms with Gasteiger partial charge < -0.3 is 10.4 Å². The fourth-order valence-corrected chi connectivity index (χ4v) is 3.34. The largest absolute Gasteiger partial charge is 0.389 e. The van der Waals surface area contributed by atoms with Gasteiger partial charge in [0.2, 0.25) is 5.91 Å². The molecular weight excluding hydrogens is 290 g/mol. The van der Waals surface area contributed by atoms with Crippen LogP contribution in [0.15, 0.2) is 0 Å². The first-order chi connectivity index (χ1) is 10.7. The Kier molecular flexibility index (Phi) is 7.98. The number of piperazine rings is 1. The zero-order chi connectivity index (χ0) is 17.6. The van der Waals surface area contributed by atoms with Gasteiger partial charge in [0.15, 0.2) is 0 Å². The van der Waals surface area contributed by atoms with Gasteiger partial charge in [-0.15, -0.1) is 0 Å². The lowest BCUT2D eigenvalue weighted by Gasteiger charge is -2.47. The van der Waals surface area contributed by atoms with Gasteiger partial charge in [-0.2, -0.15) is 0 Å². The smallest absolute Gasteiger partial charge is 0.234 e. The molecule has 0 saturated carbocycles. The molecule has 1 fully saturated rings. The van der Waals surface area contributed by atoms with E-state index < -0.39 is 5.60 Å². The van der Waals surface area contributed by atoms with E-state index in [-0.39, 0.29) is 11.9 Å². The Labute approximate surface area is 142 Å². The second-order valence-electron chi connectivity index (χ2n) is 7.67. The van der Waals surface area contributed by atoms with Crippen LogP contribution in [0.25, 0.3) is 0 Å². The number of rotatable bonds is 8. The number of aliphatic hydroxyl groups is 1. The molecule has 1 aliphatic heterocycles. The van der Waals surface area contributed by atoms with Crippen LogP contribution in [0.1, 0.15) is 60.8 Å². The average molecular weight is 328 g/mol. The molecule has 3 unspecified atom stereocenters. The summed E-state index contributed by atoms with van der Waals surface area (Å²) in [5.74, 6) is 0.128. The number of hydrogen-bond acceptors (Lipinski definition) is 4. The summed E-state index contributed by atoms with van der Waals surface area (Å²) in [6.07, 6.45) is 3.02. The number of β-amino-alcohol motifs (C(OH)–C–C–N with tert-alkyl or cyclic N) is 1. The highest BCUT2D eigenvalue weighted by Gasteiger charge is 2.35. The van der Waals surface area contributed by atoms with E-state index >= 15 is 0 Å². The van der Waals surface area contributed by atoms with E-state index in [0.29, 0.717) is 25.2 Å². The van der Waals surface area contributed by atoms with Gasteiger partial charge in [-0.3, -0.25) is 14.6 Å². The van der Waals surface area contributed by atoms with Crippen molar-refractivity contribution in [2.24, 2.45) is 0 Å². The maximum absolute atomic E-state index is 12.2. The van der Waals surface area contributed by atoms with Crippen LogP contribution in [0.2, 0.25) is 0 Å².